The Hall–Kier alpha value is -1.62. The molecule has 1 aromatic heterocycles. The zero-order valence-corrected chi connectivity index (χ0v) is 11.4. The normalized spacial score (nSPS) is 12.9. The molecule has 0 aliphatic rings. The molecule has 3 N–H and O–H groups in total. The van der Waals surface area contributed by atoms with Gasteiger partial charge in [-0.15, -0.1) is 0 Å². The summed E-state index contributed by atoms with van der Waals surface area (Å²) in [6, 6.07) is 3.55. The molecule has 5 heteroatoms. The molecular formula is C13H21N3O2. The van der Waals surface area contributed by atoms with Gasteiger partial charge in [-0.25, -0.2) is 9.78 Å². The van der Waals surface area contributed by atoms with Crippen molar-refractivity contribution in [2.75, 3.05) is 5.32 Å². The Bertz CT molecular complexity index is 396. The number of carbonyl (C=O) groups excluding carboxylic acids is 1. The average Bonchev–Trinajstić information content (AvgIpc) is 2.26. The van der Waals surface area contributed by atoms with Crippen molar-refractivity contribution in [1.82, 2.24) is 4.98 Å². The summed E-state index contributed by atoms with van der Waals surface area (Å²) in [4.78, 5) is 15.6. The first-order valence-corrected chi connectivity index (χ1v) is 6.03. The van der Waals surface area contributed by atoms with Crippen molar-refractivity contribution in [2.24, 2.45) is 5.73 Å². The highest BCUT2D eigenvalue weighted by atomic mass is 16.6. The standard InChI is InChI=1S/C13H21N3O2/c1-5-10(14)9-6-7-11(15-8-9)16-12(17)18-13(2,3)4/h6-8,10H,5,14H2,1-4H3,(H,15,16,17)/t10-/m1/s1. The van der Waals surface area contributed by atoms with Crippen LogP contribution in [0.25, 0.3) is 0 Å². The molecular weight excluding hydrogens is 230 g/mol. The van der Waals surface area contributed by atoms with Crippen LogP contribution in [0, 0.1) is 0 Å². The maximum absolute atomic E-state index is 11.5. The van der Waals surface area contributed by atoms with E-state index in [0.29, 0.717) is 5.82 Å². The fourth-order valence-electron chi connectivity index (χ4n) is 1.34. The van der Waals surface area contributed by atoms with Gasteiger partial charge < -0.3 is 10.5 Å². The molecule has 5 nitrogen and oxygen atoms in total. The minimum absolute atomic E-state index is 0.0203. The number of pyridine rings is 1. The molecule has 1 amide bonds. The molecule has 1 atom stereocenters. The molecule has 0 aromatic carbocycles. The van der Waals surface area contributed by atoms with E-state index in [2.05, 4.69) is 10.3 Å². The SMILES string of the molecule is CC[C@@H](N)c1ccc(NC(=O)OC(C)(C)C)nc1. The molecule has 0 bridgehead atoms. The van der Waals surface area contributed by atoms with Crippen LogP contribution in [0.5, 0.6) is 0 Å². The minimum atomic E-state index is -0.519. The second kappa shape index (κ2) is 5.82. The molecule has 0 saturated heterocycles. The highest BCUT2D eigenvalue weighted by Crippen LogP contribution is 2.15. The highest BCUT2D eigenvalue weighted by molar-refractivity contribution is 5.83. The van der Waals surface area contributed by atoms with Crippen molar-refractivity contribution in [3.05, 3.63) is 23.9 Å². The van der Waals surface area contributed by atoms with Crippen LogP contribution in [-0.4, -0.2) is 16.7 Å². The lowest BCUT2D eigenvalue weighted by Gasteiger charge is -2.19. The van der Waals surface area contributed by atoms with E-state index in [9.17, 15) is 4.79 Å². The summed E-state index contributed by atoms with van der Waals surface area (Å²) < 4.78 is 5.13. The van der Waals surface area contributed by atoms with Gasteiger partial charge in [0.05, 0.1) is 0 Å². The van der Waals surface area contributed by atoms with Crippen molar-refractivity contribution in [1.29, 1.82) is 0 Å². The predicted molar refractivity (Wildman–Crippen MR) is 71.3 cm³/mol. The predicted octanol–water partition coefficient (Wildman–Crippen LogP) is 2.84. The Labute approximate surface area is 108 Å². The largest absolute Gasteiger partial charge is 0.444 e. The molecule has 0 radical (unpaired) electrons. The fourth-order valence-corrected chi connectivity index (χ4v) is 1.34. The van der Waals surface area contributed by atoms with Crippen molar-refractivity contribution < 1.29 is 9.53 Å². The number of rotatable bonds is 3. The number of ether oxygens (including phenoxy) is 1. The number of aromatic nitrogens is 1. The van der Waals surface area contributed by atoms with E-state index in [4.69, 9.17) is 10.5 Å². The van der Waals surface area contributed by atoms with Crippen molar-refractivity contribution in [2.45, 2.75) is 45.8 Å². The number of nitrogens with one attached hydrogen (secondary N) is 1. The molecule has 0 aliphatic heterocycles. The summed E-state index contributed by atoms with van der Waals surface area (Å²) in [5.41, 5.74) is 6.31. The lowest BCUT2D eigenvalue weighted by atomic mass is 10.1. The minimum Gasteiger partial charge on any atom is -0.444 e. The number of anilines is 1. The Kier molecular flexibility index (Phi) is 4.67. The molecule has 1 heterocycles. The van der Waals surface area contributed by atoms with Crippen molar-refractivity contribution >= 4 is 11.9 Å². The van der Waals surface area contributed by atoms with Gasteiger partial charge in [0.25, 0.3) is 0 Å². The summed E-state index contributed by atoms with van der Waals surface area (Å²) in [7, 11) is 0. The summed E-state index contributed by atoms with van der Waals surface area (Å²) in [6.45, 7) is 7.44. The molecule has 0 fully saturated rings. The molecule has 0 saturated carbocycles. The summed E-state index contributed by atoms with van der Waals surface area (Å²) in [5.74, 6) is 0.455. The molecule has 0 spiro atoms. The molecule has 0 unspecified atom stereocenters. The van der Waals surface area contributed by atoms with Gasteiger partial charge >= 0.3 is 6.09 Å². The first-order chi connectivity index (χ1) is 8.31. The van der Waals surface area contributed by atoms with Crippen molar-refractivity contribution in [3.8, 4) is 0 Å². The quantitative estimate of drug-likeness (QED) is 0.866. The van der Waals surface area contributed by atoms with E-state index >= 15 is 0 Å². The van der Waals surface area contributed by atoms with Gasteiger partial charge in [-0.3, -0.25) is 5.32 Å². The Balaban J connectivity index is 2.61. The van der Waals surface area contributed by atoms with Gasteiger partial charge in [0.15, 0.2) is 0 Å². The summed E-state index contributed by atoms with van der Waals surface area (Å²) in [5, 5.41) is 2.57. The second-order valence-electron chi connectivity index (χ2n) is 5.12. The van der Waals surface area contributed by atoms with Gasteiger partial charge in [0.2, 0.25) is 0 Å². The summed E-state index contributed by atoms with van der Waals surface area (Å²) >= 11 is 0. The van der Waals surface area contributed by atoms with E-state index in [1.54, 1.807) is 12.3 Å². The van der Waals surface area contributed by atoms with Gasteiger partial charge in [0, 0.05) is 12.2 Å². The lowest BCUT2D eigenvalue weighted by molar-refractivity contribution is 0.0635. The Morgan fingerprint density at radius 3 is 2.61 bits per heavy atom. The average molecular weight is 251 g/mol. The number of hydrogen-bond donors (Lipinski definition) is 2. The van der Waals surface area contributed by atoms with E-state index in [0.717, 1.165) is 12.0 Å². The number of hydrogen-bond acceptors (Lipinski definition) is 4. The second-order valence-corrected chi connectivity index (χ2v) is 5.12. The van der Waals surface area contributed by atoms with Gasteiger partial charge in [-0.2, -0.15) is 0 Å². The Morgan fingerprint density at radius 1 is 1.50 bits per heavy atom. The number of amides is 1. The van der Waals surface area contributed by atoms with Crippen LogP contribution in [0.3, 0.4) is 0 Å². The van der Waals surface area contributed by atoms with Crippen LogP contribution >= 0.6 is 0 Å². The number of nitrogens with two attached hydrogens (primary N) is 1. The Morgan fingerprint density at radius 2 is 2.17 bits per heavy atom. The third-order valence-corrected chi connectivity index (χ3v) is 2.28. The summed E-state index contributed by atoms with van der Waals surface area (Å²) in [6.07, 6.45) is 2.00. The maximum atomic E-state index is 11.5. The van der Waals surface area contributed by atoms with E-state index in [-0.39, 0.29) is 6.04 Å². The highest BCUT2D eigenvalue weighted by Gasteiger charge is 2.16. The topological polar surface area (TPSA) is 77.2 Å². The van der Waals surface area contributed by atoms with Crippen LogP contribution in [0.2, 0.25) is 0 Å². The first-order valence-electron chi connectivity index (χ1n) is 6.03. The van der Waals surface area contributed by atoms with Crippen molar-refractivity contribution in [3.63, 3.8) is 0 Å². The maximum Gasteiger partial charge on any atom is 0.413 e. The smallest absolute Gasteiger partial charge is 0.413 e. The zero-order valence-electron chi connectivity index (χ0n) is 11.4. The lowest BCUT2D eigenvalue weighted by Crippen LogP contribution is -2.27. The zero-order chi connectivity index (χ0) is 13.8. The van der Waals surface area contributed by atoms with Crippen LogP contribution in [-0.2, 0) is 4.74 Å². The van der Waals surface area contributed by atoms with Gasteiger partial charge in [-0.1, -0.05) is 13.0 Å². The van der Waals surface area contributed by atoms with Crippen LogP contribution in [0.4, 0.5) is 10.6 Å². The molecule has 1 aromatic rings. The van der Waals surface area contributed by atoms with E-state index < -0.39 is 11.7 Å². The van der Waals surface area contributed by atoms with E-state index in [1.165, 1.54) is 0 Å². The fraction of sp³-hybridized carbons (Fsp3) is 0.538. The number of carbonyl (C=O) groups is 1. The third kappa shape index (κ3) is 4.71. The molecule has 0 aliphatic carbocycles. The molecule has 100 valence electrons. The first kappa shape index (κ1) is 14.4. The van der Waals surface area contributed by atoms with Crippen LogP contribution in [0.1, 0.15) is 45.7 Å². The monoisotopic (exact) mass is 251 g/mol. The van der Waals surface area contributed by atoms with E-state index in [1.807, 2.05) is 33.8 Å². The van der Waals surface area contributed by atoms with Gasteiger partial charge in [-0.05, 0) is 38.8 Å². The number of nitrogens with zero attached hydrogens (tertiary/aromatic N) is 1. The van der Waals surface area contributed by atoms with Crippen LogP contribution in [0.15, 0.2) is 18.3 Å². The van der Waals surface area contributed by atoms with Crippen LogP contribution < -0.4 is 11.1 Å². The third-order valence-electron chi connectivity index (χ3n) is 2.28. The molecule has 1 rings (SSSR count). The molecule has 18 heavy (non-hydrogen) atoms. The van der Waals surface area contributed by atoms with Gasteiger partial charge in [0.1, 0.15) is 11.4 Å².